The fraction of sp³-hybridized carbons (Fsp3) is 0.300. The minimum absolute atomic E-state index is 0.0371. The van der Waals surface area contributed by atoms with E-state index in [9.17, 15) is 4.79 Å². The zero-order valence-electron chi connectivity index (χ0n) is 15.3. The van der Waals surface area contributed by atoms with E-state index in [1.165, 1.54) is 0 Å². The van der Waals surface area contributed by atoms with Crippen LogP contribution in [-0.2, 0) is 13.6 Å². The molecule has 0 N–H and O–H groups in total. The molecule has 7 heteroatoms. The third kappa shape index (κ3) is 4.03. The topological polar surface area (TPSA) is 67.2 Å². The Kier molecular flexibility index (Phi) is 4.93. The van der Waals surface area contributed by atoms with Gasteiger partial charge in [0.15, 0.2) is 5.82 Å². The zero-order chi connectivity index (χ0) is 18.6. The normalized spacial score (nSPS) is 15.1. The van der Waals surface area contributed by atoms with E-state index in [0.29, 0.717) is 0 Å². The standard InChI is InChI=1S/C20H22N6O/c1-24-8-6-16(13-20(24)27)15-25-9-11-26(12-10-25)19-5-4-18(22-23-19)17-3-2-7-21-14-17/h2-8,13-14H,9-12,15H2,1H3. The Bertz CT molecular complexity index is 946. The quantitative estimate of drug-likeness (QED) is 0.702. The zero-order valence-corrected chi connectivity index (χ0v) is 15.3. The van der Waals surface area contributed by atoms with Gasteiger partial charge in [0, 0.05) is 70.0 Å². The van der Waals surface area contributed by atoms with Crippen molar-refractivity contribution < 1.29 is 0 Å². The molecule has 1 fully saturated rings. The van der Waals surface area contributed by atoms with Crippen molar-refractivity contribution in [3.05, 3.63) is 70.9 Å². The van der Waals surface area contributed by atoms with Crippen LogP contribution in [-0.4, -0.2) is 50.8 Å². The Balaban J connectivity index is 1.36. The van der Waals surface area contributed by atoms with E-state index < -0.39 is 0 Å². The van der Waals surface area contributed by atoms with E-state index in [1.807, 2.05) is 36.5 Å². The second-order valence-electron chi connectivity index (χ2n) is 6.77. The van der Waals surface area contributed by atoms with E-state index in [2.05, 4.69) is 25.0 Å². The molecule has 0 spiro atoms. The molecular formula is C20H22N6O. The molecular weight excluding hydrogens is 340 g/mol. The molecule has 27 heavy (non-hydrogen) atoms. The summed E-state index contributed by atoms with van der Waals surface area (Å²) in [6, 6.07) is 11.6. The van der Waals surface area contributed by atoms with E-state index in [-0.39, 0.29) is 5.56 Å². The SMILES string of the molecule is Cn1ccc(CN2CCN(c3ccc(-c4cccnc4)nn3)CC2)cc1=O. The molecule has 0 aliphatic carbocycles. The molecule has 1 aliphatic rings. The van der Waals surface area contributed by atoms with E-state index in [1.54, 1.807) is 30.1 Å². The number of aromatic nitrogens is 4. The summed E-state index contributed by atoms with van der Waals surface area (Å²) in [6.07, 6.45) is 5.37. The van der Waals surface area contributed by atoms with Gasteiger partial charge < -0.3 is 9.47 Å². The first-order chi connectivity index (χ1) is 13.2. The molecule has 1 saturated heterocycles. The molecule has 0 atom stereocenters. The summed E-state index contributed by atoms with van der Waals surface area (Å²) in [6.45, 7) is 4.45. The Labute approximate surface area is 157 Å². The number of nitrogens with zero attached hydrogens (tertiary/aromatic N) is 6. The Morgan fingerprint density at radius 2 is 1.89 bits per heavy atom. The molecule has 3 aromatic heterocycles. The second kappa shape index (κ2) is 7.67. The van der Waals surface area contributed by atoms with Crippen LogP contribution in [0.4, 0.5) is 5.82 Å². The summed E-state index contributed by atoms with van der Waals surface area (Å²) in [5.41, 5.74) is 2.90. The van der Waals surface area contributed by atoms with Crippen LogP contribution in [0.25, 0.3) is 11.3 Å². The average Bonchev–Trinajstić information content (AvgIpc) is 2.72. The number of hydrogen-bond donors (Lipinski definition) is 0. The summed E-state index contributed by atoms with van der Waals surface area (Å²) in [4.78, 5) is 20.5. The van der Waals surface area contributed by atoms with E-state index in [4.69, 9.17) is 0 Å². The van der Waals surface area contributed by atoms with Crippen LogP contribution < -0.4 is 10.5 Å². The van der Waals surface area contributed by atoms with Gasteiger partial charge in [0.1, 0.15) is 0 Å². The van der Waals surface area contributed by atoms with Gasteiger partial charge in [0.05, 0.1) is 5.69 Å². The lowest BCUT2D eigenvalue weighted by Gasteiger charge is -2.35. The lowest BCUT2D eigenvalue weighted by Crippen LogP contribution is -2.46. The average molecular weight is 362 g/mol. The van der Waals surface area contributed by atoms with Crippen molar-refractivity contribution in [1.82, 2.24) is 24.6 Å². The Morgan fingerprint density at radius 1 is 1.04 bits per heavy atom. The van der Waals surface area contributed by atoms with Gasteiger partial charge in [-0.3, -0.25) is 14.7 Å². The summed E-state index contributed by atoms with van der Waals surface area (Å²) in [7, 11) is 1.77. The molecule has 7 nitrogen and oxygen atoms in total. The number of aryl methyl sites for hydroxylation is 1. The van der Waals surface area contributed by atoms with Crippen molar-refractivity contribution in [3.8, 4) is 11.3 Å². The van der Waals surface area contributed by atoms with Crippen LogP contribution in [0.15, 0.2) is 59.8 Å². The monoisotopic (exact) mass is 362 g/mol. The van der Waals surface area contributed by atoms with Crippen LogP contribution in [0.1, 0.15) is 5.56 Å². The van der Waals surface area contributed by atoms with Gasteiger partial charge >= 0.3 is 0 Å². The summed E-state index contributed by atoms with van der Waals surface area (Å²) in [5.74, 6) is 0.899. The molecule has 3 aromatic rings. The summed E-state index contributed by atoms with van der Waals surface area (Å²) < 4.78 is 1.59. The number of anilines is 1. The van der Waals surface area contributed by atoms with Crippen LogP contribution in [0, 0.1) is 0 Å². The van der Waals surface area contributed by atoms with Crippen molar-refractivity contribution in [3.63, 3.8) is 0 Å². The highest BCUT2D eigenvalue weighted by molar-refractivity contribution is 5.58. The minimum Gasteiger partial charge on any atom is -0.353 e. The number of piperazine rings is 1. The number of pyridine rings is 2. The van der Waals surface area contributed by atoms with E-state index in [0.717, 1.165) is 55.4 Å². The third-order valence-corrected chi connectivity index (χ3v) is 4.88. The maximum absolute atomic E-state index is 11.8. The molecule has 0 radical (unpaired) electrons. The lowest BCUT2D eigenvalue weighted by molar-refractivity contribution is 0.249. The highest BCUT2D eigenvalue weighted by Crippen LogP contribution is 2.18. The second-order valence-corrected chi connectivity index (χ2v) is 6.77. The fourth-order valence-corrected chi connectivity index (χ4v) is 3.24. The maximum atomic E-state index is 11.8. The Hall–Kier alpha value is -3.06. The van der Waals surface area contributed by atoms with Gasteiger partial charge in [-0.1, -0.05) is 0 Å². The molecule has 138 valence electrons. The lowest BCUT2D eigenvalue weighted by atomic mass is 10.2. The fourth-order valence-electron chi connectivity index (χ4n) is 3.24. The smallest absolute Gasteiger partial charge is 0.250 e. The number of rotatable bonds is 4. The predicted octanol–water partition coefficient (Wildman–Crippen LogP) is 1.56. The van der Waals surface area contributed by atoms with Crippen LogP contribution >= 0.6 is 0 Å². The van der Waals surface area contributed by atoms with Crippen molar-refractivity contribution in [2.45, 2.75) is 6.54 Å². The van der Waals surface area contributed by atoms with Gasteiger partial charge in [0.2, 0.25) is 0 Å². The van der Waals surface area contributed by atoms with Gasteiger partial charge in [-0.05, 0) is 35.9 Å². The highest BCUT2D eigenvalue weighted by atomic mass is 16.1. The first kappa shape index (κ1) is 17.4. The number of hydrogen-bond acceptors (Lipinski definition) is 6. The first-order valence-electron chi connectivity index (χ1n) is 9.06. The van der Waals surface area contributed by atoms with Crippen molar-refractivity contribution in [1.29, 1.82) is 0 Å². The van der Waals surface area contributed by atoms with Crippen LogP contribution in [0.2, 0.25) is 0 Å². The molecule has 1 aliphatic heterocycles. The van der Waals surface area contributed by atoms with E-state index >= 15 is 0 Å². The molecule has 0 bridgehead atoms. The largest absolute Gasteiger partial charge is 0.353 e. The molecule has 0 amide bonds. The molecule has 0 saturated carbocycles. The Morgan fingerprint density at radius 3 is 2.56 bits per heavy atom. The molecule has 0 unspecified atom stereocenters. The molecule has 4 heterocycles. The van der Waals surface area contributed by atoms with Gasteiger partial charge in [-0.15, -0.1) is 10.2 Å². The minimum atomic E-state index is 0.0371. The summed E-state index contributed by atoms with van der Waals surface area (Å²) in [5, 5.41) is 8.74. The van der Waals surface area contributed by atoms with Crippen molar-refractivity contribution in [2.75, 3.05) is 31.1 Å². The third-order valence-electron chi connectivity index (χ3n) is 4.88. The predicted molar refractivity (Wildman–Crippen MR) is 104 cm³/mol. The van der Waals surface area contributed by atoms with Gasteiger partial charge in [-0.25, -0.2) is 0 Å². The summed E-state index contributed by atoms with van der Waals surface area (Å²) >= 11 is 0. The molecule has 4 rings (SSSR count). The van der Waals surface area contributed by atoms with Gasteiger partial charge in [-0.2, -0.15) is 0 Å². The van der Waals surface area contributed by atoms with Crippen molar-refractivity contribution in [2.24, 2.45) is 7.05 Å². The highest BCUT2D eigenvalue weighted by Gasteiger charge is 2.18. The van der Waals surface area contributed by atoms with Gasteiger partial charge in [0.25, 0.3) is 5.56 Å². The molecule has 0 aromatic carbocycles. The van der Waals surface area contributed by atoms with Crippen LogP contribution in [0.5, 0.6) is 0 Å². The first-order valence-corrected chi connectivity index (χ1v) is 9.06. The van der Waals surface area contributed by atoms with Crippen LogP contribution in [0.3, 0.4) is 0 Å². The van der Waals surface area contributed by atoms with Crippen molar-refractivity contribution >= 4 is 5.82 Å². The maximum Gasteiger partial charge on any atom is 0.250 e.